The first-order chi connectivity index (χ1) is 8.13. The van der Waals surface area contributed by atoms with E-state index in [0.717, 1.165) is 35.8 Å². The van der Waals surface area contributed by atoms with Crippen LogP contribution in [0.3, 0.4) is 0 Å². The van der Waals surface area contributed by atoms with Gasteiger partial charge in [0.1, 0.15) is 5.00 Å². The molecular weight excluding hydrogens is 234 g/mol. The van der Waals surface area contributed by atoms with Crippen molar-refractivity contribution in [1.82, 2.24) is 9.27 Å². The van der Waals surface area contributed by atoms with Gasteiger partial charge in [0.25, 0.3) is 5.91 Å². The van der Waals surface area contributed by atoms with E-state index in [1.807, 2.05) is 18.9 Å². The van der Waals surface area contributed by atoms with Crippen molar-refractivity contribution in [3.63, 3.8) is 0 Å². The third-order valence-electron chi connectivity index (χ3n) is 3.25. The topological polar surface area (TPSA) is 45.2 Å². The average molecular weight is 253 g/mol. The molecule has 1 aliphatic rings. The number of aryl methyl sites for hydroxylation is 1. The number of aromatic nitrogens is 1. The molecule has 1 amide bonds. The van der Waals surface area contributed by atoms with Crippen LogP contribution in [0.15, 0.2) is 0 Å². The molecule has 5 heteroatoms. The van der Waals surface area contributed by atoms with E-state index < -0.39 is 0 Å². The SMILES string of the molecule is CNc1snc(C)c1C(=O)N1CCCC(C)C1. The molecule has 0 spiro atoms. The first-order valence-electron chi connectivity index (χ1n) is 6.06. The fourth-order valence-electron chi connectivity index (χ4n) is 2.32. The highest BCUT2D eigenvalue weighted by Gasteiger charge is 2.26. The number of carbonyl (C=O) groups is 1. The number of likely N-dealkylation sites (tertiary alicyclic amines) is 1. The molecule has 1 saturated heterocycles. The molecule has 0 aromatic carbocycles. The van der Waals surface area contributed by atoms with Crippen LogP contribution in [0.4, 0.5) is 5.00 Å². The molecule has 1 aliphatic heterocycles. The Morgan fingerprint density at radius 3 is 3.00 bits per heavy atom. The molecule has 94 valence electrons. The first kappa shape index (κ1) is 12.4. The third kappa shape index (κ3) is 2.44. The maximum absolute atomic E-state index is 12.5. The number of anilines is 1. The van der Waals surface area contributed by atoms with Crippen molar-refractivity contribution in [3.05, 3.63) is 11.3 Å². The summed E-state index contributed by atoms with van der Waals surface area (Å²) >= 11 is 1.36. The lowest BCUT2D eigenvalue weighted by Gasteiger charge is -2.31. The van der Waals surface area contributed by atoms with Crippen LogP contribution in [-0.2, 0) is 0 Å². The molecule has 1 N–H and O–H groups in total. The molecule has 1 unspecified atom stereocenters. The van der Waals surface area contributed by atoms with Crippen LogP contribution in [0.5, 0.6) is 0 Å². The summed E-state index contributed by atoms with van der Waals surface area (Å²) in [6, 6.07) is 0. The Morgan fingerprint density at radius 1 is 1.59 bits per heavy atom. The lowest BCUT2D eigenvalue weighted by atomic mass is 9.99. The molecule has 17 heavy (non-hydrogen) atoms. The van der Waals surface area contributed by atoms with Gasteiger partial charge in [0.15, 0.2) is 0 Å². The summed E-state index contributed by atoms with van der Waals surface area (Å²) in [4.78, 5) is 14.4. The summed E-state index contributed by atoms with van der Waals surface area (Å²) in [6.07, 6.45) is 2.34. The van der Waals surface area contributed by atoms with Crippen LogP contribution in [-0.4, -0.2) is 35.3 Å². The van der Waals surface area contributed by atoms with Crippen molar-refractivity contribution in [2.75, 3.05) is 25.5 Å². The summed E-state index contributed by atoms with van der Waals surface area (Å²) in [5, 5.41) is 3.94. The minimum Gasteiger partial charge on any atom is -0.378 e. The smallest absolute Gasteiger partial charge is 0.258 e. The monoisotopic (exact) mass is 253 g/mol. The van der Waals surface area contributed by atoms with Gasteiger partial charge in [-0.25, -0.2) is 0 Å². The minimum atomic E-state index is 0.132. The van der Waals surface area contributed by atoms with Crippen LogP contribution in [0.25, 0.3) is 0 Å². The number of amides is 1. The summed E-state index contributed by atoms with van der Waals surface area (Å²) in [5.74, 6) is 0.741. The van der Waals surface area contributed by atoms with E-state index >= 15 is 0 Å². The van der Waals surface area contributed by atoms with Gasteiger partial charge in [0, 0.05) is 20.1 Å². The molecule has 4 nitrogen and oxygen atoms in total. The lowest BCUT2D eigenvalue weighted by molar-refractivity contribution is 0.0683. The minimum absolute atomic E-state index is 0.132. The molecule has 1 atom stereocenters. The second-order valence-electron chi connectivity index (χ2n) is 4.72. The quantitative estimate of drug-likeness (QED) is 0.880. The van der Waals surface area contributed by atoms with Crippen LogP contribution >= 0.6 is 11.5 Å². The largest absolute Gasteiger partial charge is 0.378 e. The van der Waals surface area contributed by atoms with Gasteiger partial charge in [0.2, 0.25) is 0 Å². The van der Waals surface area contributed by atoms with E-state index in [1.165, 1.54) is 18.0 Å². The van der Waals surface area contributed by atoms with Gasteiger partial charge in [-0.05, 0) is 37.2 Å². The molecule has 0 radical (unpaired) electrons. The Hall–Kier alpha value is -1.10. The van der Waals surface area contributed by atoms with Crippen molar-refractivity contribution in [1.29, 1.82) is 0 Å². The van der Waals surface area contributed by atoms with E-state index in [2.05, 4.69) is 16.6 Å². The van der Waals surface area contributed by atoms with Crippen molar-refractivity contribution < 1.29 is 4.79 Å². The molecule has 0 saturated carbocycles. The van der Waals surface area contributed by atoms with Crippen LogP contribution in [0.2, 0.25) is 0 Å². The number of nitrogens with zero attached hydrogens (tertiary/aromatic N) is 2. The Morgan fingerprint density at radius 2 is 2.35 bits per heavy atom. The van der Waals surface area contributed by atoms with Gasteiger partial charge in [-0.15, -0.1) is 0 Å². The fraction of sp³-hybridized carbons (Fsp3) is 0.667. The molecule has 1 fully saturated rings. The standard InChI is InChI=1S/C12H19N3OS/c1-8-5-4-6-15(7-8)12(16)10-9(2)14-17-11(10)13-3/h8,13H,4-7H2,1-3H3. The van der Waals surface area contributed by atoms with E-state index in [9.17, 15) is 4.79 Å². The second kappa shape index (κ2) is 5.04. The van der Waals surface area contributed by atoms with Crippen molar-refractivity contribution >= 4 is 22.4 Å². The summed E-state index contributed by atoms with van der Waals surface area (Å²) in [7, 11) is 1.84. The Labute approximate surface area is 106 Å². The Balaban J connectivity index is 2.21. The predicted octanol–water partition coefficient (Wildman–Crippen LogP) is 2.37. The molecule has 1 aromatic rings. The van der Waals surface area contributed by atoms with E-state index in [-0.39, 0.29) is 5.91 Å². The zero-order valence-electron chi connectivity index (χ0n) is 10.6. The van der Waals surface area contributed by atoms with Gasteiger partial charge in [-0.1, -0.05) is 6.92 Å². The lowest BCUT2D eigenvalue weighted by Crippen LogP contribution is -2.39. The normalized spacial score (nSPS) is 20.4. The summed E-state index contributed by atoms with van der Waals surface area (Å²) < 4.78 is 4.25. The highest BCUT2D eigenvalue weighted by Crippen LogP contribution is 2.27. The van der Waals surface area contributed by atoms with E-state index in [1.54, 1.807) is 0 Å². The second-order valence-corrected chi connectivity index (χ2v) is 5.49. The van der Waals surface area contributed by atoms with E-state index in [0.29, 0.717) is 5.92 Å². The van der Waals surface area contributed by atoms with Gasteiger partial charge in [0.05, 0.1) is 11.3 Å². The van der Waals surface area contributed by atoms with Crippen LogP contribution in [0, 0.1) is 12.8 Å². The van der Waals surface area contributed by atoms with Crippen molar-refractivity contribution in [3.8, 4) is 0 Å². The molecule has 0 bridgehead atoms. The molecule has 2 heterocycles. The summed E-state index contributed by atoms with van der Waals surface area (Å²) in [6.45, 7) is 5.86. The number of piperidine rings is 1. The van der Waals surface area contributed by atoms with Gasteiger partial charge in [-0.3, -0.25) is 4.79 Å². The highest BCUT2D eigenvalue weighted by molar-refractivity contribution is 7.10. The zero-order chi connectivity index (χ0) is 12.4. The number of carbonyl (C=O) groups excluding carboxylic acids is 1. The van der Waals surface area contributed by atoms with Crippen molar-refractivity contribution in [2.24, 2.45) is 5.92 Å². The van der Waals surface area contributed by atoms with Gasteiger partial charge in [-0.2, -0.15) is 4.37 Å². The number of nitrogens with one attached hydrogen (secondary N) is 1. The van der Waals surface area contributed by atoms with Crippen LogP contribution < -0.4 is 5.32 Å². The van der Waals surface area contributed by atoms with Crippen molar-refractivity contribution in [2.45, 2.75) is 26.7 Å². The molecule has 1 aromatic heterocycles. The maximum atomic E-state index is 12.5. The molecule has 2 rings (SSSR count). The first-order valence-corrected chi connectivity index (χ1v) is 6.84. The predicted molar refractivity (Wildman–Crippen MR) is 70.7 cm³/mol. The number of rotatable bonds is 2. The Kier molecular flexibility index (Phi) is 3.66. The highest BCUT2D eigenvalue weighted by atomic mass is 32.1. The van der Waals surface area contributed by atoms with Gasteiger partial charge < -0.3 is 10.2 Å². The maximum Gasteiger partial charge on any atom is 0.258 e. The molecule has 0 aliphatic carbocycles. The summed E-state index contributed by atoms with van der Waals surface area (Å²) in [5.41, 5.74) is 1.59. The third-order valence-corrected chi connectivity index (χ3v) is 4.20. The zero-order valence-corrected chi connectivity index (χ0v) is 11.4. The number of hydrogen-bond donors (Lipinski definition) is 1. The van der Waals surface area contributed by atoms with Crippen LogP contribution in [0.1, 0.15) is 35.8 Å². The average Bonchev–Trinajstić information content (AvgIpc) is 2.69. The number of hydrogen-bond acceptors (Lipinski definition) is 4. The fourth-order valence-corrected chi connectivity index (χ4v) is 3.06. The van der Waals surface area contributed by atoms with Gasteiger partial charge >= 0.3 is 0 Å². The van der Waals surface area contributed by atoms with E-state index in [4.69, 9.17) is 0 Å². The molecular formula is C12H19N3OS. The Bertz CT molecular complexity index is 416.